The van der Waals surface area contributed by atoms with Crippen LogP contribution in [0.3, 0.4) is 0 Å². The molecule has 0 spiro atoms. The van der Waals surface area contributed by atoms with E-state index in [4.69, 9.17) is 0 Å². The Balaban J connectivity index is 1.69. The number of benzene rings is 2. The molecule has 0 unspecified atom stereocenters. The lowest BCUT2D eigenvalue weighted by Gasteiger charge is -2.17. The van der Waals surface area contributed by atoms with Crippen molar-refractivity contribution >= 4 is 39.2 Å². The van der Waals surface area contributed by atoms with Crippen LogP contribution in [0.2, 0.25) is 0 Å². The maximum Gasteiger partial charge on any atom is 0.284 e. The van der Waals surface area contributed by atoms with Gasteiger partial charge in [0.05, 0.1) is 10.6 Å². The fraction of sp³-hybridized carbons (Fsp3) is 0.333. The summed E-state index contributed by atoms with van der Waals surface area (Å²) in [6.45, 7) is 0.782. The van der Waals surface area contributed by atoms with Gasteiger partial charge in [0.2, 0.25) is 5.91 Å². The van der Waals surface area contributed by atoms with E-state index in [9.17, 15) is 17.6 Å². The molecule has 1 aliphatic rings. The van der Waals surface area contributed by atoms with Crippen molar-refractivity contribution in [3.8, 4) is 0 Å². The van der Waals surface area contributed by atoms with E-state index in [2.05, 4.69) is 9.71 Å². The van der Waals surface area contributed by atoms with Gasteiger partial charge in [0.15, 0.2) is 0 Å². The second kappa shape index (κ2) is 10.1. The molecular formula is C21H24FN3O3S2. The van der Waals surface area contributed by atoms with Crippen LogP contribution in [0.25, 0.3) is 0 Å². The van der Waals surface area contributed by atoms with Crippen molar-refractivity contribution in [3.63, 3.8) is 0 Å². The van der Waals surface area contributed by atoms with E-state index in [0.717, 1.165) is 37.6 Å². The highest BCUT2D eigenvalue weighted by Crippen LogP contribution is 2.23. The third-order valence-electron chi connectivity index (χ3n) is 4.67. The first-order valence-corrected chi connectivity index (χ1v) is 12.1. The largest absolute Gasteiger partial charge is 0.362 e. The van der Waals surface area contributed by atoms with Gasteiger partial charge < -0.3 is 10.2 Å². The number of likely N-dealkylation sites (tertiary alicyclic amines) is 1. The van der Waals surface area contributed by atoms with Crippen LogP contribution < -0.4 is 5.32 Å². The Morgan fingerprint density at radius 2 is 1.97 bits per heavy atom. The third-order valence-corrected chi connectivity index (χ3v) is 7.02. The molecule has 1 saturated heterocycles. The summed E-state index contributed by atoms with van der Waals surface area (Å²) in [7, 11) is -2.04. The highest BCUT2D eigenvalue weighted by atomic mass is 32.2. The van der Waals surface area contributed by atoms with E-state index >= 15 is 0 Å². The lowest BCUT2D eigenvalue weighted by atomic mass is 10.2. The summed E-state index contributed by atoms with van der Waals surface area (Å²) in [5.41, 5.74) is 0.352. The van der Waals surface area contributed by atoms with Crippen LogP contribution in [0, 0.1) is 5.82 Å². The second-order valence-corrected chi connectivity index (χ2v) is 9.63. The minimum atomic E-state index is -3.89. The second-order valence-electron chi connectivity index (χ2n) is 7.01. The quantitative estimate of drug-likeness (QED) is 0.671. The minimum Gasteiger partial charge on any atom is -0.362 e. The van der Waals surface area contributed by atoms with Crippen LogP contribution in [-0.4, -0.2) is 44.4 Å². The Labute approximate surface area is 180 Å². The summed E-state index contributed by atoms with van der Waals surface area (Å²) >= 11 is 1.08. The van der Waals surface area contributed by atoms with Gasteiger partial charge in [-0.1, -0.05) is 24.6 Å². The topological polar surface area (TPSA) is 78.8 Å². The molecule has 6 nitrogen and oxygen atoms in total. The van der Waals surface area contributed by atoms with Gasteiger partial charge in [-0.2, -0.15) is 8.42 Å². The number of rotatable bonds is 6. The first kappa shape index (κ1) is 22.3. The maximum absolute atomic E-state index is 13.7. The van der Waals surface area contributed by atoms with E-state index in [-0.39, 0.29) is 22.4 Å². The molecule has 0 saturated carbocycles. The summed E-state index contributed by atoms with van der Waals surface area (Å²) in [6.07, 6.45) is 3.60. The molecular weight excluding hydrogens is 425 g/mol. The standard InChI is InChI=1S/C21H24FN3O3S2/c1-25-13-6-2-3-12-20(25)24-30(27,28)17-9-7-8-16(14-17)23-21(26)15-29-19-11-5-4-10-18(19)22/h4-5,7-11,14H,2-3,6,12-13,15H2,1H3,(H,23,26)/b24-20+. The number of nitrogens with one attached hydrogen (secondary N) is 1. The normalized spacial score (nSPS) is 16.3. The number of amidine groups is 1. The number of thioether (sulfide) groups is 1. The molecule has 1 heterocycles. The van der Waals surface area contributed by atoms with E-state index < -0.39 is 10.0 Å². The van der Waals surface area contributed by atoms with Crippen molar-refractivity contribution in [2.75, 3.05) is 24.7 Å². The van der Waals surface area contributed by atoms with Gasteiger partial charge in [0.1, 0.15) is 11.7 Å². The summed E-state index contributed by atoms with van der Waals surface area (Å²) in [6, 6.07) is 12.2. The zero-order chi connectivity index (χ0) is 21.6. The van der Waals surface area contributed by atoms with Gasteiger partial charge in [-0.25, -0.2) is 4.39 Å². The van der Waals surface area contributed by atoms with Gasteiger partial charge >= 0.3 is 0 Å². The van der Waals surface area contributed by atoms with Crippen LogP contribution in [0.15, 0.2) is 62.7 Å². The molecule has 0 aromatic heterocycles. The number of carbonyl (C=O) groups excluding carboxylic acids is 1. The number of amides is 1. The number of sulfonamides is 1. The monoisotopic (exact) mass is 449 g/mol. The fourth-order valence-electron chi connectivity index (χ4n) is 3.07. The van der Waals surface area contributed by atoms with E-state index in [0.29, 0.717) is 22.8 Å². The van der Waals surface area contributed by atoms with Crippen molar-refractivity contribution in [3.05, 3.63) is 54.3 Å². The van der Waals surface area contributed by atoms with E-state index in [1.54, 1.807) is 30.3 Å². The van der Waals surface area contributed by atoms with E-state index in [1.165, 1.54) is 18.2 Å². The van der Waals surface area contributed by atoms with Crippen LogP contribution in [0.4, 0.5) is 10.1 Å². The molecule has 1 fully saturated rings. The Morgan fingerprint density at radius 3 is 2.77 bits per heavy atom. The SMILES string of the molecule is CN1CCCCC/C1=N\S(=O)(=O)c1cccc(NC(=O)CSc2ccccc2F)c1. The molecule has 1 amide bonds. The Bertz CT molecular complexity index is 1040. The Kier molecular flexibility index (Phi) is 7.49. The summed E-state index contributed by atoms with van der Waals surface area (Å²) in [5.74, 6) is -0.174. The van der Waals surface area contributed by atoms with Crippen molar-refractivity contribution in [2.24, 2.45) is 4.40 Å². The zero-order valence-corrected chi connectivity index (χ0v) is 18.3. The minimum absolute atomic E-state index is 0.00497. The van der Waals surface area contributed by atoms with E-state index in [1.807, 2.05) is 11.9 Å². The van der Waals surface area contributed by atoms with Crippen molar-refractivity contribution in [1.82, 2.24) is 4.90 Å². The van der Waals surface area contributed by atoms with Crippen LogP contribution >= 0.6 is 11.8 Å². The smallest absolute Gasteiger partial charge is 0.284 e. The molecule has 3 rings (SSSR count). The molecule has 1 aliphatic heterocycles. The Hall–Kier alpha value is -2.39. The van der Waals surface area contributed by atoms with Gasteiger partial charge in [0.25, 0.3) is 10.0 Å². The average Bonchev–Trinajstić information content (AvgIpc) is 2.91. The van der Waals surface area contributed by atoms with Crippen LogP contribution in [-0.2, 0) is 14.8 Å². The van der Waals surface area contributed by atoms with Gasteiger partial charge in [-0.15, -0.1) is 16.2 Å². The number of anilines is 1. The molecule has 2 aromatic rings. The molecule has 9 heteroatoms. The molecule has 0 bridgehead atoms. The summed E-state index contributed by atoms with van der Waals surface area (Å²) < 4.78 is 43.2. The average molecular weight is 450 g/mol. The van der Waals surface area contributed by atoms with Crippen LogP contribution in [0.5, 0.6) is 0 Å². The maximum atomic E-state index is 13.7. The van der Waals surface area contributed by atoms with Crippen molar-refractivity contribution in [2.45, 2.75) is 35.5 Å². The predicted molar refractivity (Wildman–Crippen MR) is 118 cm³/mol. The molecule has 1 N–H and O–H groups in total. The number of hydrogen-bond donors (Lipinski definition) is 1. The first-order valence-electron chi connectivity index (χ1n) is 9.67. The van der Waals surface area contributed by atoms with Gasteiger partial charge in [-0.05, 0) is 43.2 Å². The highest BCUT2D eigenvalue weighted by molar-refractivity contribution is 8.00. The number of halogens is 1. The van der Waals surface area contributed by atoms with Gasteiger partial charge in [-0.3, -0.25) is 4.79 Å². The third kappa shape index (κ3) is 6.06. The number of carbonyl (C=O) groups is 1. The fourth-order valence-corrected chi connectivity index (χ4v) is 4.95. The summed E-state index contributed by atoms with van der Waals surface area (Å²) in [5, 5.41) is 2.66. The lowest BCUT2D eigenvalue weighted by Crippen LogP contribution is -2.26. The van der Waals surface area contributed by atoms with Crippen molar-refractivity contribution < 1.29 is 17.6 Å². The predicted octanol–water partition coefficient (Wildman–Crippen LogP) is 4.15. The molecule has 0 atom stereocenters. The molecule has 160 valence electrons. The first-order chi connectivity index (χ1) is 14.3. The molecule has 30 heavy (non-hydrogen) atoms. The van der Waals surface area contributed by atoms with Crippen LogP contribution in [0.1, 0.15) is 25.7 Å². The summed E-state index contributed by atoms with van der Waals surface area (Å²) in [4.78, 5) is 14.5. The number of hydrogen-bond acceptors (Lipinski definition) is 4. The molecule has 0 radical (unpaired) electrons. The zero-order valence-electron chi connectivity index (χ0n) is 16.7. The van der Waals surface area contributed by atoms with Crippen molar-refractivity contribution in [1.29, 1.82) is 0 Å². The molecule has 0 aliphatic carbocycles. The molecule has 2 aromatic carbocycles. The highest BCUT2D eigenvalue weighted by Gasteiger charge is 2.19. The lowest BCUT2D eigenvalue weighted by molar-refractivity contribution is -0.113. The Morgan fingerprint density at radius 1 is 1.17 bits per heavy atom. The van der Waals surface area contributed by atoms with Gasteiger partial charge in [0, 0.05) is 30.6 Å². The number of nitrogens with zero attached hydrogens (tertiary/aromatic N) is 2.